The molecule has 6 nitrogen and oxygen atoms in total. The maximum Gasteiger partial charge on any atom is 0.317 e. The lowest BCUT2D eigenvalue weighted by Gasteiger charge is -2.50. The Morgan fingerprint density at radius 1 is 1.13 bits per heavy atom. The summed E-state index contributed by atoms with van der Waals surface area (Å²) in [5.74, 6) is 0.299. The van der Waals surface area contributed by atoms with Gasteiger partial charge >= 0.3 is 5.97 Å². The molecule has 3 heterocycles. The molecular formula is C24H31ClN4O2. The normalized spacial score (nSPS) is 23.7. The molecule has 1 aromatic carbocycles. The SMILES string of the molecule is C[C@H]1CN(C2CCN(c3ccccn3)CC2)[C@@H](Cc2ccc(Cl)cc2)CN1CC(=O)O. The van der Waals surface area contributed by atoms with Crippen molar-refractivity contribution in [2.24, 2.45) is 0 Å². The zero-order chi connectivity index (χ0) is 21.8. The van der Waals surface area contributed by atoms with Gasteiger partial charge in [0, 0.05) is 55.5 Å². The predicted molar refractivity (Wildman–Crippen MR) is 124 cm³/mol. The molecule has 2 aliphatic heterocycles. The Morgan fingerprint density at radius 2 is 1.87 bits per heavy atom. The lowest BCUT2D eigenvalue weighted by Crippen LogP contribution is -2.62. The molecule has 0 unspecified atom stereocenters. The Morgan fingerprint density at radius 3 is 2.52 bits per heavy atom. The molecule has 0 amide bonds. The van der Waals surface area contributed by atoms with E-state index in [2.05, 4.69) is 44.8 Å². The third-order valence-electron chi connectivity index (χ3n) is 6.64. The smallest absolute Gasteiger partial charge is 0.317 e. The number of aromatic nitrogens is 1. The number of hydrogen-bond acceptors (Lipinski definition) is 5. The van der Waals surface area contributed by atoms with E-state index in [0.29, 0.717) is 12.1 Å². The van der Waals surface area contributed by atoms with Crippen molar-refractivity contribution in [3.63, 3.8) is 0 Å². The number of rotatable bonds is 6. The average Bonchev–Trinajstić information content (AvgIpc) is 2.78. The van der Waals surface area contributed by atoms with E-state index in [1.54, 1.807) is 0 Å². The maximum atomic E-state index is 11.4. The minimum atomic E-state index is -0.755. The summed E-state index contributed by atoms with van der Waals surface area (Å²) in [6.45, 7) is 5.93. The van der Waals surface area contributed by atoms with Gasteiger partial charge in [-0.05, 0) is 56.0 Å². The molecule has 1 aromatic heterocycles. The summed E-state index contributed by atoms with van der Waals surface area (Å²) >= 11 is 6.07. The number of anilines is 1. The van der Waals surface area contributed by atoms with Gasteiger partial charge in [-0.15, -0.1) is 0 Å². The Balaban J connectivity index is 1.46. The summed E-state index contributed by atoms with van der Waals surface area (Å²) in [6, 6.07) is 15.2. The van der Waals surface area contributed by atoms with Crippen LogP contribution < -0.4 is 4.90 Å². The summed E-state index contributed by atoms with van der Waals surface area (Å²) < 4.78 is 0. The molecule has 2 fully saturated rings. The van der Waals surface area contributed by atoms with Gasteiger partial charge in [0.05, 0.1) is 6.54 Å². The van der Waals surface area contributed by atoms with E-state index in [-0.39, 0.29) is 12.6 Å². The number of nitrogens with zero attached hydrogens (tertiary/aromatic N) is 4. The highest BCUT2D eigenvalue weighted by Gasteiger charge is 2.37. The molecule has 4 rings (SSSR count). The molecule has 2 atom stereocenters. The van der Waals surface area contributed by atoms with Crippen LogP contribution in [-0.2, 0) is 11.2 Å². The van der Waals surface area contributed by atoms with Crippen LogP contribution in [0.5, 0.6) is 0 Å². The van der Waals surface area contributed by atoms with Crippen molar-refractivity contribution in [3.05, 3.63) is 59.2 Å². The van der Waals surface area contributed by atoms with E-state index in [1.807, 2.05) is 30.5 Å². The van der Waals surface area contributed by atoms with E-state index in [9.17, 15) is 9.90 Å². The van der Waals surface area contributed by atoms with Gasteiger partial charge in [0.25, 0.3) is 0 Å². The molecule has 2 aliphatic rings. The summed E-state index contributed by atoms with van der Waals surface area (Å²) in [5, 5.41) is 10.1. The monoisotopic (exact) mass is 442 g/mol. The second-order valence-corrected chi connectivity index (χ2v) is 9.20. The molecule has 7 heteroatoms. The number of carbonyl (C=O) groups is 1. The first-order valence-corrected chi connectivity index (χ1v) is 11.5. The highest BCUT2D eigenvalue weighted by atomic mass is 35.5. The zero-order valence-corrected chi connectivity index (χ0v) is 18.8. The first-order chi connectivity index (χ1) is 15.0. The Hall–Kier alpha value is -2.15. The molecule has 0 spiro atoms. The largest absolute Gasteiger partial charge is 0.480 e. The quantitative estimate of drug-likeness (QED) is 0.739. The Labute approximate surface area is 189 Å². The van der Waals surface area contributed by atoms with Crippen LogP contribution in [0.25, 0.3) is 0 Å². The number of carboxylic acid groups (broad SMARTS) is 1. The third kappa shape index (κ3) is 5.56. The number of benzene rings is 1. The number of piperazine rings is 1. The standard InChI is InChI=1S/C24H31ClN4O2/c1-18-15-29(21-9-12-27(13-10-21)23-4-2-3-11-26-23)22(16-28(18)17-24(30)31)14-19-5-7-20(25)8-6-19/h2-8,11,18,21-22H,9-10,12-17H2,1H3,(H,30,31)/t18-,22-/m0/s1. The molecular weight excluding hydrogens is 412 g/mol. The van der Waals surface area contributed by atoms with Crippen molar-refractivity contribution in [2.45, 2.75) is 44.3 Å². The van der Waals surface area contributed by atoms with E-state index < -0.39 is 5.97 Å². The average molecular weight is 443 g/mol. The minimum Gasteiger partial charge on any atom is -0.480 e. The second-order valence-electron chi connectivity index (χ2n) is 8.76. The third-order valence-corrected chi connectivity index (χ3v) is 6.89. The summed E-state index contributed by atoms with van der Waals surface area (Å²) in [7, 11) is 0. The molecule has 0 saturated carbocycles. The second kappa shape index (κ2) is 9.98. The van der Waals surface area contributed by atoms with Crippen LogP contribution in [0.4, 0.5) is 5.82 Å². The van der Waals surface area contributed by atoms with Crippen molar-refractivity contribution >= 4 is 23.4 Å². The zero-order valence-electron chi connectivity index (χ0n) is 18.0. The van der Waals surface area contributed by atoms with Gasteiger partial charge in [-0.3, -0.25) is 14.6 Å². The first-order valence-electron chi connectivity index (χ1n) is 11.1. The van der Waals surface area contributed by atoms with E-state index in [4.69, 9.17) is 11.6 Å². The maximum absolute atomic E-state index is 11.4. The lowest BCUT2D eigenvalue weighted by atomic mass is 9.94. The van der Waals surface area contributed by atoms with Crippen molar-refractivity contribution in [1.29, 1.82) is 0 Å². The van der Waals surface area contributed by atoms with Gasteiger partial charge in [0.2, 0.25) is 0 Å². The lowest BCUT2D eigenvalue weighted by molar-refractivity contribution is -0.140. The van der Waals surface area contributed by atoms with E-state index >= 15 is 0 Å². The highest BCUT2D eigenvalue weighted by Crippen LogP contribution is 2.28. The molecule has 1 N–H and O–H groups in total. The van der Waals surface area contributed by atoms with Crippen molar-refractivity contribution in [2.75, 3.05) is 37.6 Å². The van der Waals surface area contributed by atoms with E-state index in [0.717, 1.165) is 56.3 Å². The number of carboxylic acids is 1. The number of pyridine rings is 1. The Bertz CT molecular complexity index is 856. The van der Waals surface area contributed by atoms with Crippen LogP contribution >= 0.6 is 11.6 Å². The summed E-state index contributed by atoms with van der Waals surface area (Å²) in [5.41, 5.74) is 1.25. The van der Waals surface area contributed by atoms with Crippen LogP contribution in [0.1, 0.15) is 25.3 Å². The van der Waals surface area contributed by atoms with Gasteiger partial charge in [-0.25, -0.2) is 4.98 Å². The van der Waals surface area contributed by atoms with Gasteiger partial charge in [-0.1, -0.05) is 29.8 Å². The van der Waals surface area contributed by atoms with Crippen molar-refractivity contribution < 1.29 is 9.90 Å². The fourth-order valence-electron chi connectivity index (χ4n) is 5.01. The van der Waals surface area contributed by atoms with Gasteiger partial charge < -0.3 is 10.0 Å². The van der Waals surface area contributed by atoms with Gasteiger partial charge in [0.1, 0.15) is 5.82 Å². The molecule has 0 aliphatic carbocycles. The molecule has 2 saturated heterocycles. The first kappa shape index (κ1) is 22.1. The number of aliphatic carboxylic acids is 1. The fourth-order valence-corrected chi connectivity index (χ4v) is 5.13. The van der Waals surface area contributed by atoms with Gasteiger partial charge in [-0.2, -0.15) is 0 Å². The molecule has 31 heavy (non-hydrogen) atoms. The van der Waals surface area contributed by atoms with Crippen LogP contribution in [0.3, 0.4) is 0 Å². The Kier molecular flexibility index (Phi) is 7.10. The molecule has 166 valence electrons. The number of halogens is 1. The van der Waals surface area contributed by atoms with Crippen molar-refractivity contribution in [3.8, 4) is 0 Å². The fraction of sp³-hybridized carbons (Fsp3) is 0.500. The van der Waals surface area contributed by atoms with Crippen LogP contribution in [0, 0.1) is 0 Å². The van der Waals surface area contributed by atoms with Crippen LogP contribution in [0.2, 0.25) is 5.02 Å². The minimum absolute atomic E-state index is 0.101. The number of hydrogen-bond donors (Lipinski definition) is 1. The topological polar surface area (TPSA) is 59.9 Å². The molecule has 2 aromatic rings. The predicted octanol–water partition coefficient (Wildman–Crippen LogP) is 3.41. The molecule has 0 bridgehead atoms. The van der Waals surface area contributed by atoms with Crippen LogP contribution in [-0.4, -0.2) is 76.7 Å². The van der Waals surface area contributed by atoms with Crippen LogP contribution in [0.15, 0.2) is 48.7 Å². The number of piperidine rings is 1. The summed E-state index contributed by atoms with van der Waals surface area (Å²) in [6.07, 6.45) is 4.95. The molecule has 0 radical (unpaired) electrons. The van der Waals surface area contributed by atoms with Crippen molar-refractivity contribution in [1.82, 2.24) is 14.8 Å². The summed E-state index contributed by atoms with van der Waals surface area (Å²) in [4.78, 5) is 23.0. The highest BCUT2D eigenvalue weighted by molar-refractivity contribution is 6.30. The van der Waals surface area contributed by atoms with E-state index in [1.165, 1.54) is 5.56 Å². The van der Waals surface area contributed by atoms with Gasteiger partial charge in [0.15, 0.2) is 0 Å².